The highest BCUT2D eigenvalue weighted by atomic mass is 16.6. The molecule has 5 heteroatoms. The van der Waals surface area contributed by atoms with Crippen LogP contribution in [0.5, 0.6) is 5.75 Å². The van der Waals surface area contributed by atoms with E-state index in [0.29, 0.717) is 25.5 Å². The fourth-order valence-electron chi connectivity index (χ4n) is 1.54. The first kappa shape index (κ1) is 12.2. The Morgan fingerprint density at radius 2 is 1.82 bits per heavy atom. The number of hydrogen-bond acceptors (Lipinski definition) is 5. The lowest BCUT2D eigenvalue weighted by molar-refractivity contribution is -0.152. The summed E-state index contributed by atoms with van der Waals surface area (Å²) in [5, 5.41) is 8.86. The number of ether oxygens (including phenoxy) is 3. The average Bonchev–Trinajstić information content (AvgIpc) is 2.39. The minimum absolute atomic E-state index is 0.00839. The second-order valence-corrected chi connectivity index (χ2v) is 3.97. The molecule has 0 saturated carbocycles. The van der Waals surface area contributed by atoms with Gasteiger partial charge in [-0.05, 0) is 24.3 Å². The van der Waals surface area contributed by atoms with Gasteiger partial charge < -0.3 is 25.1 Å². The van der Waals surface area contributed by atoms with Crippen LogP contribution in [0.4, 0.5) is 5.69 Å². The molecule has 1 saturated heterocycles. The molecule has 1 aliphatic heterocycles. The lowest BCUT2D eigenvalue weighted by Gasteiger charge is -2.28. The van der Waals surface area contributed by atoms with E-state index in [1.54, 1.807) is 12.1 Å². The molecule has 5 nitrogen and oxygen atoms in total. The number of aliphatic hydroxyl groups excluding tert-OH is 1. The Morgan fingerprint density at radius 1 is 1.18 bits per heavy atom. The summed E-state index contributed by atoms with van der Waals surface area (Å²) in [5.41, 5.74) is 6.28. The topological polar surface area (TPSA) is 73.9 Å². The van der Waals surface area contributed by atoms with E-state index < -0.39 is 0 Å². The Kier molecular flexibility index (Phi) is 4.19. The van der Waals surface area contributed by atoms with Gasteiger partial charge in [-0.2, -0.15) is 0 Å². The van der Waals surface area contributed by atoms with Gasteiger partial charge in [0.05, 0.1) is 19.8 Å². The van der Waals surface area contributed by atoms with Gasteiger partial charge in [0, 0.05) is 5.69 Å². The number of anilines is 1. The lowest BCUT2D eigenvalue weighted by atomic mass is 10.3. The minimum atomic E-state index is -0.206. The predicted molar refractivity (Wildman–Crippen MR) is 62.9 cm³/mol. The maximum absolute atomic E-state index is 8.86. The van der Waals surface area contributed by atoms with Crippen LogP contribution in [0, 0.1) is 0 Å². The smallest absolute Gasteiger partial charge is 0.119 e. The molecule has 17 heavy (non-hydrogen) atoms. The molecule has 0 bridgehead atoms. The van der Waals surface area contributed by atoms with Crippen molar-refractivity contribution in [2.24, 2.45) is 0 Å². The second-order valence-electron chi connectivity index (χ2n) is 3.97. The number of nitrogen functional groups attached to an aromatic ring is 1. The summed E-state index contributed by atoms with van der Waals surface area (Å²) in [4.78, 5) is 0. The Hall–Kier alpha value is -1.30. The van der Waals surface area contributed by atoms with Crippen molar-refractivity contribution in [1.82, 2.24) is 0 Å². The van der Waals surface area contributed by atoms with Crippen molar-refractivity contribution in [3.05, 3.63) is 24.3 Å². The normalized spacial score (nSPS) is 24.5. The molecule has 2 atom stereocenters. The predicted octanol–water partition coefficient (Wildman–Crippen LogP) is 0.424. The average molecular weight is 239 g/mol. The Morgan fingerprint density at radius 3 is 2.41 bits per heavy atom. The van der Waals surface area contributed by atoms with Crippen LogP contribution in [0.2, 0.25) is 0 Å². The van der Waals surface area contributed by atoms with Gasteiger partial charge in [-0.1, -0.05) is 0 Å². The van der Waals surface area contributed by atoms with Crippen molar-refractivity contribution in [3.8, 4) is 5.75 Å². The van der Waals surface area contributed by atoms with Crippen LogP contribution in [-0.4, -0.2) is 43.7 Å². The van der Waals surface area contributed by atoms with E-state index in [4.69, 9.17) is 25.1 Å². The van der Waals surface area contributed by atoms with Gasteiger partial charge in [0.1, 0.15) is 24.6 Å². The van der Waals surface area contributed by atoms with Crippen molar-refractivity contribution in [2.75, 3.05) is 32.2 Å². The largest absolute Gasteiger partial charge is 0.491 e. The zero-order chi connectivity index (χ0) is 12.1. The molecule has 0 amide bonds. The molecule has 0 spiro atoms. The number of aliphatic hydroxyl groups is 1. The second kappa shape index (κ2) is 5.86. The first-order chi connectivity index (χ1) is 8.28. The zero-order valence-corrected chi connectivity index (χ0v) is 9.54. The Balaban J connectivity index is 1.74. The molecule has 1 heterocycles. The van der Waals surface area contributed by atoms with E-state index in [1.165, 1.54) is 0 Å². The van der Waals surface area contributed by atoms with Crippen molar-refractivity contribution < 1.29 is 19.3 Å². The number of rotatable bonds is 4. The number of hydrogen-bond donors (Lipinski definition) is 2. The highest BCUT2D eigenvalue weighted by molar-refractivity contribution is 5.41. The summed E-state index contributed by atoms with van der Waals surface area (Å²) in [7, 11) is 0. The van der Waals surface area contributed by atoms with Crippen LogP contribution in [0.1, 0.15) is 0 Å². The van der Waals surface area contributed by atoms with Gasteiger partial charge in [0.25, 0.3) is 0 Å². The number of benzene rings is 1. The Labute approximate surface area is 100 Å². The SMILES string of the molecule is Nc1ccc(OC[C@@H]2CO[C@@H](CO)CO2)cc1. The monoisotopic (exact) mass is 239 g/mol. The maximum Gasteiger partial charge on any atom is 0.119 e. The molecular formula is C12H17NO4. The van der Waals surface area contributed by atoms with Gasteiger partial charge in [-0.3, -0.25) is 0 Å². The third-order valence-electron chi connectivity index (χ3n) is 2.56. The molecule has 2 rings (SSSR count). The van der Waals surface area contributed by atoms with Gasteiger partial charge in [-0.15, -0.1) is 0 Å². The quantitative estimate of drug-likeness (QED) is 0.745. The van der Waals surface area contributed by atoms with Crippen LogP contribution < -0.4 is 10.5 Å². The molecular weight excluding hydrogens is 222 g/mol. The van der Waals surface area contributed by atoms with Gasteiger partial charge in [-0.25, -0.2) is 0 Å². The summed E-state index contributed by atoms with van der Waals surface area (Å²) in [6, 6.07) is 7.20. The van der Waals surface area contributed by atoms with Crippen LogP contribution in [-0.2, 0) is 9.47 Å². The number of nitrogens with two attached hydrogens (primary N) is 1. The summed E-state index contributed by atoms with van der Waals surface area (Å²) in [6.07, 6.45) is -0.293. The molecule has 0 radical (unpaired) electrons. The van der Waals surface area contributed by atoms with Crippen molar-refractivity contribution in [2.45, 2.75) is 12.2 Å². The summed E-state index contributed by atoms with van der Waals surface area (Å²) >= 11 is 0. The van der Waals surface area contributed by atoms with Gasteiger partial charge in [0.15, 0.2) is 0 Å². The third kappa shape index (κ3) is 3.59. The first-order valence-corrected chi connectivity index (χ1v) is 5.60. The molecule has 0 unspecified atom stereocenters. The van der Waals surface area contributed by atoms with Crippen molar-refractivity contribution in [3.63, 3.8) is 0 Å². The molecule has 94 valence electrons. The molecule has 0 aliphatic carbocycles. The summed E-state index contributed by atoms with van der Waals surface area (Å²) in [5.74, 6) is 0.757. The van der Waals surface area contributed by atoms with Crippen molar-refractivity contribution >= 4 is 5.69 Å². The van der Waals surface area contributed by atoms with E-state index in [-0.39, 0.29) is 18.8 Å². The van der Waals surface area contributed by atoms with Crippen LogP contribution >= 0.6 is 0 Å². The summed E-state index contributed by atoms with van der Waals surface area (Å²) in [6.45, 7) is 1.28. The van der Waals surface area contributed by atoms with E-state index in [9.17, 15) is 0 Å². The third-order valence-corrected chi connectivity index (χ3v) is 2.56. The molecule has 1 aliphatic rings. The van der Waals surface area contributed by atoms with Crippen LogP contribution in [0.15, 0.2) is 24.3 Å². The lowest BCUT2D eigenvalue weighted by Crippen LogP contribution is -2.40. The first-order valence-electron chi connectivity index (χ1n) is 5.60. The van der Waals surface area contributed by atoms with Crippen LogP contribution in [0.3, 0.4) is 0 Å². The molecule has 3 N–H and O–H groups in total. The molecule has 1 aromatic rings. The van der Waals surface area contributed by atoms with Crippen molar-refractivity contribution in [1.29, 1.82) is 0 Å². The highest BCUT2D eigenvalue weighted by Gasteiger charge is 2.21. The fourth-order valence-corrected chi connectivity index (χ4v) is 1.54. The van der Waals surface area contributed by atoms with Gasteiger partial charge >= 0.3 is 0 Å². The molecule has 1 fully saturated rings. The minimum Gasteiger partial charge on any atom is -0.491 e. The summed E-state index contributed by atoms with van der Waals surface area (Å²) < 4.78 is 16.4. The zero-order valence-electron chi connectivity index (χ0n) is 9.54. The van der Waals surface area contributed by atoms with E-state index in [1.807, 2.05) is 12.1 Å². The van der Waals surface area contributed by atoms with E-state index in [2.05, 4.69) is 0 Å². The van der Waals surface area contributed by atoms with Crippen LogP contribution in [0.25, 0.3) is 0 Å². The Bertz CT molecular complexity index is 333. The standard InChI is InChI=1S/C12H17NO4/c13-9-1-3-10(4-2-9)15-7-12-8-16-11(5-14)6-17-12/h1-4,11-12,14H,5-8,13H2/t11-,12+/m0/s1. The van der Waals surface area contributed by atoms with E-state index in [0.717, 1.165) is 5.75 Å². The maximum atomic E-state index is 8.86. The molecule has 1 aromatic carbocycles. The fraction of sp³-hybridized carbons (Fsp3) is 0.500. The molecule has 0 aromatic heterocycles. The highest BCUT2D eigenvalue weighted by Crippen LogP contribution is 2.14. The van der Waals surface area contributed by atoms with Gasteiger partial charge in [0.2, 0.25) is 0 Å². The van der Waals surface area contributed by atoms with E-state index >= 15 is 0 Å².